The predicted octanol–water partition coefficient (Wildman–Crippen LogP) is 2.10. The van der Waals surface area contributed by atoms with Crippen LogP contribution in [0.1, 0.15) is 29.8 Å². The van der Waals surface area contributed by atoms with Gasteiger partial charge < -0.3 is 15.1 Å². The highest BCUT2D eigenvalue weighted by atomic mass is 35.5. The zero-order valence-electron chi connectivity index (χ0n) is 10.7. The van der Waals surface area contributed by atoms with Gasteiger partial charge in [0.15, 0.2) is 10.7 Å². The molecule has 2 aromatic heterocycles. The van der Waals surface area contributed by atoms with E-state index in [0.29, 0.717) is 23.4 Å². The van der Waals surface area contributed by atoms with Crippen molar-refractivity contribution in [2.75, 3.05) is 0 Å². The summed E-state index contributed by atoms with van der Waals surface area (Å²) in [5.41, 5.74) is 0.858. The first-order valence-corrected chi connectivity index (χ1v) is 7.19. The maximum atomic E-state index is 12.3. The fourth-order valence-electron chi connectivity index (χ4n) is 3.28. The van der Waals surface area contributed by atoms with Gasteiger partial charge in [-0.2, -0.15) is 0 Å². The molecule has 0 spiro atoms. The standard InChI is InChI=1S/C14H14ClN3O2/c15-13-12-7(3-4-20-12)5-11(17-13)14(19)18-10-6-8-1-2-9(10)16-8/h3-5,8-10,16H,1-2,6H2,(H,18,19)/t8-,9+,10-/m1/s1. The van der Waals surface area contributed by atoms with Gasteiger partial charge in [0.05, 0.1) is 6.26 Å². The third-order valence-corrected chi connectivity index (χ3v) is 4.50. The fourth-order valence-corrected chi connectivity index (χ4v) is 3.52. The molecule has 0 radical (unpaired) electrons. The van der Waals surface area contributed by atoms with Crippen LogP contribution in [0, 0.1) is 0 Å². The minimum absolute atomic E-state index is 0.172. The highest BCUT2D eigenvalue weighted by Gasteiger charge is 2.39. The molecule has 6 heteroatoms. The summed E-state index contributed by atoms with van der Waals surface area (Å²) >= 11 is 6.03. The van der Waals surface area contributed by atoms with Gasteiger partial charge in [0.25, 0.3) is 5.91 Å². The lowest BCUT2D eigenvalue weighted by molar-refractivity contribution is 0.0926. The molecule has 0 aromatic carbocycles. The van der Waals surface area contributed by atoms with Gasteiger partial charge in [-0.15, -0.1) is 0 Å². The van der Waals surface area contributed by atoms with Crippen LogP contribution in [-0.4, -0.2) is 29.0 Å². The SMILES string of the molecule is O=C(N[C@@H]1C[C@H]2CC[C@@H]1N2)c1cc2ccoc2c(Cl)n1. The minimum atomic E-state index is -0.172. The third kappa shape index (κ3) is 1.89. The molecule has 2 aromatic rings. The Morgan fingerprint density at radius 2 is 2.40 bits per heavy atom. The van der Waals surface area contributed by atoms with E-state index in [1.807, 2.05) is 0 Å². The molecule has 2 fully saturated rings. The molecule has 4 heterocycles. The van der Waals surface area contributed by atoms with Crippen LogP contribution < -0.4 is 10.6 Å². The van der Waals surface area contributed by atoms with Gasteiger partial charge in [-0.05, 0) is 31.4 Å². The van der Waals surface area contributed by atoms with E-state index < -0.39 is 0 Å². The minimum Gasteiger partial charge on any atom is -0.461 e. The number of carbonyl (C=O) groups is 1. The summed E-state index contributed by atoms with van der Waals surface area (Å²) in [6, 6.07) is 4.64. The molecule has 20 heavy (non-hydrogen) atoms. The Bertz CT molecular complexity index is 684. The molecule has 0 aliphatic carbocycles. The van der Waals surface area contributed by atoms with Gasteiger partial charge in [-0.1, -0.05) is 11.6 Å². The Hall–Kier alpha value is -1.59. The maximum absolute atomic E-state index is 12.3. The molecule has 2 aliphatic rings. The van der Waals surface area contributed by atoms with Crippen molar-refractivity contribution in [3.63, 3.8) is 0 Å². The number of furan rings is 1. The van der Waals surface area contributed by atoms with Crippen molar-refractivity contribution in [3.05, 3.63) is 29.2 Å². The van der Waals surface area contributed by atoms with Gasteiger partial charge in [0.1, 0.15) is 5.69 Å². The zero-order valence-corrected chi connectivity index (χ0v) is 11.5. The average Bonchev–Trinajstić information content (AvgIpc) is 3.13. The second-order valence-corrected chi connectivity index (χ2v) is 5.86. The molecule has 1 amide bonds. The fraction of sp³-hybridized carbons (Fsp3) is 0.429. The second kappa shape index (κ2) is 4.46. The molecule has 104 valence electrons. The molecule has 4 rings (SSSR count). The summed E-state index contributed by atoms with van der Waals surface area (Å²) in [5.74, 6) is -0.172. The van der Waals surface area contributed by atoms with Crippen LogP contribution in [0.3, 0.4) is 0 Å². The van der Waals surface area contributed by atoms with E-state index in [2.05, 4.69) is 15.6 Å². The maximum Gasteiger partial charge on any atom is 0.270 e. The van der Waals surface area contributed by atoms with Crippen LogP contribution in [0.15, 0.2) is 22.8 Å². The number of nitrogens with one attached hydrogen (secondary N) is 2. The van der Waals surface area contributed by atoms with Crippen LogP contribution in [0.25, 0.3) is 11.0 Å². The van der Waals surface area contributed by atoms with Gasteiger partial charge in [0.2, 0.25) is 0 Å². The number of aromatic nitrogens is 1. The first-order chi connectivity index (χ1) is 9.70. The molecule has 0 saturated carbocycles. The second-order valence-electron chi connectivity index (χ2n) is 5.50. The molecule has 5 nitrogen and oxygen atoms in total. The van der Waals surface area contributed by atoms with E-state index in [0.717, 1.165) is 18.2 Å². The van der Waals surface area contributed by atoms with Crippen molar-refractivity contribution in [1.82, 2.24) is 15.6 Å². The summed E-state index contributed by atoms with van der Waals surface area (Å²) < 4.78 is 5.22. The van der Waals surface area contributed by atoms with Crippen LogP contribution in [-0.2, 0) is 0 Å². The Labute approximate surface area is 120 Å². The third-order valence-electron chi connectivity index (χ3n) is 4.24. The molecule has 3 atom stereocenters. The van der Waals surface area contributed by atoms with E-state index in [1.54, 1.807) is 18.4 Å². The van der Waals surface area contributed by atoms with Gasteiger partial charge in [-0.25, -0.2) is 4.98 Å². The largest absolute Gasteiger partial charge is 0.461 e. The number of hydrogen-bond donors (Lipinski definition) is 2. The monoisotopic (exact) mass is 291 g/mol. The van der Waals surface area contributed by atoms with Gasteiger partial charge in [0, 0.05) is 23.5 Å². The Morgan fingerprint density at radius 1 is 1.50 bits per heavy atom. The normalized spacial score (nSPS) is 28.1. The summed E-state index contributed by atoms with van der Waals surface area (Å²) in [7, 11) is 0. The Balaban J connectivity index is 1.57. The number of nitrogens with zero attached hydrogens (tertiary/aromatic N) is 1. The quantitative estimate of drug-likeness (QED) is 0.832. The van der Waals surface area contributed by atoms with Crippen molar-refractivity contribution < 1.29 is 9.21 Å². The number of carbonyl (C=O) groups excluding carboxylic acids is 1. The van der Waals surface area contributed by atoms with Crippen molar-refractivity contribution in [2.45, 2.75) is 37.4 Å². The van der Waals surface area contributed by atoms with E-state index in [1.165, 1.54) is 6.42 Å². The topological polar surface area (TPSA) is 67.2 Å². The molecule has 2 bridgehead atoms. The highest BCUT2D eigenvalue weighted by molar-refractivity contribution is 6.33. The molecular formula is C14H14ClN3O2. The smallest absolute Gasteiger partial charge is 0.270 e. The number of halogens is 1. The first kappa shape index (κ1) is 12.2. The zero-order chi connectivity index (χ0) is 13.7. The van der Waals surface area contributed by atoms with Crippen LogP contribution in [0.2, 0.25) is 5.15 Å². The molecule has 2 N–H and O–H groups in total. The average molecular weight is 292 g/mol. The number of rotatable bonds is 2. The summed E-state index contributed by atoms with van der Waals surface area (Å²) in [4.78, 5) is 16.4. The molecule has 2 aliphatic heterocycles. The number of fused-ring (bicyclic) bond motifs is 3. The number of amides is 1. The van der Waals surface area contributed by atoms with E-state index in [4.69, 9.17) is 16.0 Å². The van der Waals surface area contributed by atoms with E-state index >= 15 is 0 Å². The number of pyridine rings is 1. The first-order valence-electron chi connectivity index (χ1n) is 6.81. The predicted molar refractivity (Wildman–Crippen MR) is 74.8 cm³/mol. The van der Waals surface area contributed by atoms with Crippen molar-refractivity contribution in [2.24, 2.45) is 0 Å². The summed E-state index contributed by atoms with van der Waals surface area (Å²) in [6.45, 7) is 0. The lowest BCUT2D eigenvalue weighted by Crippen LogP contribution is -2.43. The van der Waals surface area contributed by atoms with E-state index in [9.17, 15) is 4.79 Å². The highest BCUT2D eigenvalue weighted by Crippen LogP contribution is 2.29. The van der Waals surface area contributed by atoms with Crippen LogP contribution >= 0.6 is 11.6 Å². The van der Waals surface area contributed by atoms with E-state index in [-0.39, 0.29) is 17.1 Å². The van der Waals surface area contributed by atoms with Crippen LogP contribution in [0.4, 0.5) is 0 Å². The molecule has 2 saturated heterocycles. The van der Waals surface area contributed by atoms with Crippen molar-refractivity contribution in [3.8, 4) is 0 Å². The van der Waals surface area contributed by atoms with Crippen LogP contribution in [0.5, 0.6) is 0 Å². The van der Waals surface area contributed by atoms with Crippen molar-refractivity contribution >= 4 is 28.5 Å². The lowest BCUT2D eigenvalue weighted by atomic mass is 9.95. The summed E-state index contributed by atoms with van der Waals surface area (Å²) in [6.07, 6.45) is 4.88. The van der Waals surface area contributed by atoms with Crippen molar-refractivity contribution in [1.29, 1.82) is 0 Å². The summed E-state index contributed by atoms with van der Waals surface area (Å²) in [5, 5.41) is 7.57. The van der Waals surface area contributed by atoms with Gasteiger partial charge >= 0.3 is 0 Å². The number of hydrogen-bond acceptors (Lipinski definition) is 4. The molecular weight excluding hydrogens is 278 g/mol. The molecule has 0 unspecified atom stereocenters. The Morgan fingerprint density at radius 3 is 3.15 bits per heavy atom. The van der Waals surface area contributed by atoms with Gasteiger partial charge in [-0.3, -0.25) is 4.79 Å². The lowest BCUT2D eigenvalue weighted by Gasteiger charge is -2.21. The Kier molecular flexibility index (Phi) is 2.72.